The Kier molecular flexibility index (Phi) is 3.15. The first-order valence-corrected chi connectivity index (χ1v) is 7.11. The van der Waals surface area contributed by atoms with Gasteiger partial charge in [-0.3, -0.25) is 9.59 Å². The Morgan fingerprint density at radius 2 is 1.60 bits per heavy atom. The van der Waals surface area contributed by atoms with Crippen molar-refractivity contribution in [2.75, 3.05) is 4.90 Å². The van der Waals surface area contributed by atoms with Gasteiger partial charge in [-0.25, -0.2) is 4.90 Å². The van der Waals surface area contributed by atoms with E-state index < -0.39 is 0 Å². The van der Waals surface area contributed by atoms with Crippen molar-refractivity contribution >= 4 is 45.0 Å². The van der Waals surface area contributed by atoms with Crippen molar-refractivity contribution in [2.45, 2.75) is 6.92 Å². The molecule has 0 spiro atoms. The molecule has 0 aromatic heterocycles. The van der Waals surface area contributed by atoms with E-state index in [-0.39, 0.29) is 11.8 Å². The maximum atomic E-state index is 12.4. The number of imide groups is 1. The predicted octanol–water partition coefficient (Wildman–Crippen LogP) is 4.21. The summed E-state index contributed by atoms with van der Waals surface area (Å²) < 4.78 is 0.622. The molecule has 5 heteroatoms. The van der Waals surface area contributed by atoms with Crippen LogP contribution in [0.15, 0.2) is 40.9 Å². The summed E-state index contributed by atoms with van der Waals surface area (Å²) in [6, 6.07) is 10.3. The van der Waals surface area contributed by atoms with Gasteiger partial charge in [0.1, 0.15) is 0 Å². The van der Waals surface area contributed by atoms with Gasteiger partial charge in [-0.15, -0.1) is 0 Å². The summed E-state index contributed by atoms with van der Waals surface area (Å²) in [5, 5.41) is 0.367. The summed E-state index contributed by atoms with van der Waals surface area (Å²) in [7, 11) is 0. The number of anilines is 1. The van der Waals surface area contributed by atoms with Crippen molar-refractivity contribution in [3.8, 4) is 0 Å². The fraction of sp³-hybridized carbons (Fsp3) is 0.0667. The molecule has 1 aliphatic rings. The van der Waals surface area contributed by atoms with Crippen LogP contribution in [0.25, 0.3) is 0 Å². The van der Waals surface area contributed by atoms with Crippen molar-refractivity contribution in [3.05, 3.63) is 62.6 Å². The summed E-state index contributed by atoms with van der Waals surface area (Å²) in [5.41, 5.74) is 2.15. The molecule has 0 N–H and O–H groups in total. The van der Waals surface area contributed by atoms with Crippen LogP contribution in [0.1, 0.15) is 26.3 Å². The van der Waals surface area contributed by atoms with E-state index in [0.717, 1.165) is 10.5 Å². The summed E-state index contributed by atoms with van der Waals surface area (Å²) in [5.74, 6) is -0.700. The lowest BCUT2D eigenvalue weighted by molar-refractivity contribution is 0.0926. The van der Waals surface area contributed by atoms with Crippen LogP contribution in [0.3, 0.4) is 0 Å². The highest BCUT2D eigenvalue weighted by molar-refractivity contribution is 9.10. The van der Waals surface area contributed by atoms with Gasteiger partial charge >= 0.3 is 0 Å². The Hall–Kier alpha value is -1.65. The SMILES string of the molecule is Cc1cc(Cl)c(N2C(=O)c3ccccc3C2=O)c(Br)c1. The topological polar surface area (TPSA) is 37.4 Å². The van der Waals surface area contributed by atoms with Crippen LogP contribution < -0.4 is 4.90 Å². The number of rotatable bonds is 1. The van der Waals surface area contributed by atoms with Gasteiger partial charge in [0.15, 0.2) is 0 Å². The van der Waals surface area contributed by atoms with Gasteiger partial charge in [0.2, 0.25) is 0 Å². The number of carbonyl (C=O) groups is 2. The maximum Gasteiger partial charge on any atom is 0.266 e. The van der Waals surface area contributed by atoms with Crippen LogP contribution in [0.2, 0.25) is 5.02 Å². The fourth-order valence-electron chi connectivity index (χ4n) is 2.30. The van der Waals surface area contributed by atoms with Crippen LogP contribution in [-0.4, -0.2) is 11.8 Å². The van der Waals surface area contributed by atoms with E-state index in [1.807, 2.05) is 13.0 Å². The molecule has 0 bridgehead atoms. The van der Waals surface area contributed by atoms with Gasteiger partial charge in [-0.2, -0.15) is 0 Å². The molecule has 0 saturated carbocycles. The van der Waals surface area contributed by atoms with Crippen molar-refractivity contribution < 1.29 is 9.59 Å². The second-order valence-corrected chi connectivity index (χ2v) is 5.83. The van der Waals surface area contributed by atoms with Gasteiger partial charge < -0.3 is 0 Å². The summed E-state index contributed by atoms with van der Waals surface area (Å²) in [4.78, 5) is 26.0. The molecule has 2 aromatic carbocycles. The molecule has 2 aromatic rings. The average Bonchev–Trinajstić information content (AvgIpc) is 2.64. The molecule has 100 valence electrons. The third-order valence-electron chi connectivity index (χ3n) is 3.18. The van der Waals surface area contributed by atoms with E-state index in [4.69, 9.17) is 11.6 Å². The zero-order valence-electron chi connectivity index (χ0n) is 10.5. The van der Waals surface area contributed by atoms with Crippen LogP contribution >= 0.6 is 27.5 Å². The van der Waals surface area contributed by atoms with Crippen LogP contribution in [0.4, 0.5) is 5.69 Å². The first-order chi connectivity index (χ1) is 9.50. The Labute approximate surface area is 129 Å². The summed E-state index contributed by atoms with van der Waals surface area (Å²) >= 11 is 9.59. The van der Waals surface area contributed by atoms with Crippen molar-refractivity contribution in [1.82, 2.24) is 0 Å². The van der Waals surface area contributed by atoms with Crippen molar-refractivity contribution in [3.63, 3.8) is 0 Å². The maximum absolute atomic E-state index is 12.4. The minimum atomic E-state index is -0.350. The molecule has 3 rings (SSSR count). The number of hydrogen-bond donors (Lipinski definition) is 0. The molecule has 0 aliphatic carbocycles. The number of nitrogens with zero attached hydrogens (tertiary/aromatic N) is 1. The van der Waals surface area contributed by atoms with Gasteiger partial charge in [0, 0.05) is 4.47 Å². The number of halogens is 2. The molecule has 3 nitrogen and oxygen atoms in total. The van der Waals surface area contributed by atoms with Gasteiger partial charge in [0.05, 0.1) is 21.8 Å². The van der Waals surface area contributed by atoms with E-state index in [2.05, 4.69) is 15.9 Å². The lowest BCUT2D eigenvalue weighted by Crippen LogP contribution is -2.30. The van der Waals surface area contributed by atoms with E-state index in [1.54, 1.807) is 30.3 Å². The van der Waals surface area contributed by atoms with Crippen LogP contribution in [0, 0.1) is 6.92 Å². The van der Waals surface area contributed by atoms with Crippen LogP contribution in [0.5, 0.6) is 0 Å². The van der Waals surface area contributed by atoms with E-state index in [9.17, 15) is 9.59 Å². The third kappa shape index (κ3) is 1.87. The Morgan fingerprint density at radius 1 is 1.05 bits per heavy atom. The number of hydrogen-bond acceptors (Lipinski definition) is 2. The first-order valence-electron chi connectivity index (χ1n) is 5.94. The fourth-order valence-corrected chi connectivity index (χ4v) is 3.52. The molecule has 0 atom stereocenters. The molecule has 0 saturated heterocycles. The highest BCUT2D eigenvalue weighted by Crippen LogP contribution is 2.39. The number of aryl methyl sites for hydroxylation is 1. The molecule has 0 unspecified atom stereocenters. The summed E-state index contributed by atoms with van der Waals surface area (Å²) in [6.07, 6.45) is 0. The first kappa shape index (κ1) is 13.3. The predicted molar refractivity (Wildman–Crippen MR) is 81.5 cm³/mol. The van der Waals surface area contributed by atoms with E-state index in [0.29, 0.717) is 26.3 Å². The number of benzene rings is 2. The minimum absolute atomic E-state index is 0.350. The van der Waals surface area contributed by atoms with Crippen LogP contribution in [-0.2, 0) is 0 Å². The highest BCUT2D eigenvalue weighted by atomic mass is 79.9. The lowest BCUT2D eigenvalue weighted by Gasteiger charge is -2.18. The monoisotopic (exact) mass is 349 g/mol. The number of carbonyl (C=O) groups excluding carboxylic acids is 2. The zero-order chi connectivity index (χ0) is 14.4. The second kappa shape index (κ2) is 4.72. The molecular formula is C15H9BrClNO2. The average molecular weight is 351 g/mol. The number of fused-ring (bicyclic) bond motifs is 1. The molecule has 1 heterocycles. The minimum Gasteiger partial charge on any atom is -0.268 e. The molecule has 0 fully saturated rings. The largest absolute Gasteiger partial charge is 0.268 e. The Balaban J connectivity index is 2.19. The van der Waals surface area contributed by atoms with Gasteiger partial charge in [-0.05, 0) is 52.7 Å². The second-order valence-electron chi connectivity index (χ2n) is 4.57. The highest BCUT2D eigenvalue weighted by Gasteiger charge is 2.38. The molecule has 20 heavy (non-hydrogen) atoms. The Bertz CT molecular complexity index is 699. The standard InChI is InChI=1S/C15H9BrClNO2/c1-8-6-11(16)13(12(17)7-8)18-14(19)9-4-2-3-5-10(9)15(18)20/h2-7H,1H3. The zero-order valence-corrected chi connectivity index (χ0v) is 12.8. The van der Waals surface area contributed by atoms with Gasteiger partial charge in [-0.1, -0.05) is 23.7 Å². The normalized spacial score (nSPS) is 13.8. The van der Waals surface area contributed by atoms with E-state index >= 15 is 0 Å². The van der Waals surface area contributed by atoms with Crippen molar-refractivity contribution in [1.29, 1.82) is 0 Å². The Morgan fingerprint density at radius 3 is 2.10 bits per heavy atom. The molecule has 0 radical (unpaired) electrons. The van der Waals surface area contributed by atoms with E-state index in [1.165, 1.54) is 0 Å². The number of amides is 2. The smallest absolute Gasteiger partial charge is 0.266 e. The lowest BCUT2D eigenvalue weighted by atomic mass is 10.1. The van der Waals surface area contributed by atoms with Gasteiger partial charge in [0.25, 0.3) is 11.8 Å². The summed E-state index contributed by atoms with van der Waals surface area (Å²) in [6.45, 7) is 1.89. The molecule has 1 aliphatic heterocycles. The molecule has 2 amide bonds. The van der Waals surface area contributed by atoms with Crippen molar-refractivity contribution in [2.24, 2.45) is 0 Å². The third-order valence-corrected chi connectivity index (χ3v) is 4.07. The quantitative estimate of drug-likeness (QED) is 0.722. The molecular weight excluding hydrogens is 342 g/mol.